The van der Waals surface area contributed by atoms with E-state index in [9.17, 15) is 0 Å². The molecule has 4 nitrogen and oxygen atoms in total. The van der Waals surface area contributed by atoms with Crippen molar-refractivity contribution in [3.63, 3.8) is 0 Å². The highest BCUT2D eigenvalue weighted by molar-refractivity contribution is 5.01. The van der Waals surface area contributed by atoms with Gasteiger partial charge >= 0.3 is 0 Å². The van der Waals surface area contributed by atoms with Gasteiger partial charge in [0.25, 0.3) is 0 Å². The molecule has 0 spiro atoms. The van der Waals surface area contributed by atoms with Gasteiger partial charge in [-0.2, -0.15) is 0 Å². The number of methoxy groups -OCH3 is 1. The number of likely N-dealkylation sites (N-methyl/N-ethyl adjacent to an activating group) is 1. The minimum absolute atomic E-state index is 0.230. The van der Waals surface area contributed by atoms with Crippen molar-refractivity contribution < 1.29 is 4.74 Å². The first kappa shape index (κ1) is 15.2. The number of ether oxygens (including phenoxy) is 1. The van der Waals surface area contributed by atoms with Crippen molar-refractivity contribution in [1.29, 1.82) is 0 Å². The monoisotopic (exact) mass is 269 g/mol. The quantitative estimate of drug-likeness (QED) is 0.831. The Morgan fingerprint density at radius 3 is 2.32 bits per heavy atom. The summed E-state index contributed by atoms with van der Waals surface area (Å²) in [5.41, 5.74) is 6.41. The second kappa shape index (κ2) is 6.08. The lowest BCUT2D eigenvalue weighted by Gasteiger charge is -2.46. The SMILES string of the molecule is COC1CCC(CN)(N2CC(C)C(N(C)C)C2)CC1. The van der Waals surface area contributed by atoms with Crippen molar-refractivity contribution >= 4 is 0 Å². The van der Waals surface area contributed by atoms with Crippen LogP contribution in [-0.2, 0) is 4.74 Å². The molecule has 0 radical (unpaired) electrons. The van der Waals surface area contributed by atoms with Crippen LogP contribution in [0.3, 0.4) is 0 Å². The summed E-state index contributed by atoms with van der Waals surface area (Å²) in [6.07, 6.45) is 5.14. The first-order chi connectivity index (χ1) is 9.02. The number of hydrogen-bond donors (Lipinski definition) is 1. The fourth-order valence-corrected chi connectivity index (χ4v) is 4.02. The molecule has 2 aliphatic rings. The lowest BCUT2D eigenvalue weighted by Crippen LogP contribution is -2.56. The van der Waals surface area contributed by atoms with Crippen molar-refractivity contribution in [3.05, 3.63) is 0 Å². The normalized spacial score (nSPS) is 41.1. The molecule has 0 aromatic carbocycles. The molecule has 0 amide bonds. The Balaban J connectivity index is 2.03. The van der Waals surface area contributed by atoms with Crippen molar-refractivity contribution in [1.82, 2.24) is 9.80 Å². The largest absolute Gasteiger partial charge is 0.381 e. The molecular formula is C15H31N3O. The highest BCUT2D eigenvalue weighted by Crippen LogP contribution is 2.37. The average molecular weight is 269 g/mol. The van der Waals surface area contributed by atoms with E-state index in [-0.39, 0.29) is 5.54 Å². The molecule has 2 N–H and O–H groups in total. The number of likely N-dealkylation sites (tertiary alicyclic amines) is 1. The number of hydrogen-bond acceptors (Lipinski definition) is 4. The van der Waals surface area contributed by atoms with Gasteiger partial charge in [-0.1, -0.05) is 6.92 Å². The molecule has 1 saturated heterocycles. The van der Waals surface area contributed by atoms with Crippen molar-refractivity contribution in [2.24, 2.45) is 11.7 Å². The molecule has 1 aliphatic carbocycles. The molecule has 4 heteroatoms. The third kappa shape index (κ3) is 2.97. The van der Waals surface area contributed by atoms with Crippen LogP contribution in [0.15, 0.2) is 0 Å². The third-order valence-electron chi connectivity index (χ3n) is 5.48. The maximum atomic E-state index is 6.18. The molecule has 2 unspecified atom stereocenters. The average Bonchev–Trinajstić information content (AvgIpc) is 2.81. The molecule has 1 heterocycles. The predicted octanol–water partition coefficient (Wildman–Crippen LogP) is 1.15. The summed E-state index contributed by atoms with van der Waals surface area (Å²) in [5, 5.41) is 0. The highest BCUT2D eigenvalue weighted by atomic mass is 16.5. The van der Waals surface area contributed by atoms with Gasteiger partial charge in [-0.05, 0) is 45.7 Å². The fraction of sp³-hybridized carbons (Fsp3) is 1.00. The predicted molar refractivity (Wildman–Crippen MR) is 79.3 cm³/mol. The Morgan fingerprint density at radius 1 is 1.26 bits per heavy atom. The Bertz CT molecular complexity index is 287. The number of nitrogens with zero attached hydrogens (tertiary/aromatic N) is 2. The van der Waals surface area contributed by atoms with Crippen LogP contribution in [-0.4, -0.2) is 68.3 Å². The van der Waals surface area contributed by atoms with Crippen LogP contribution in [0.5, 0.6) is 0 Å². The van der Waals surface area contributed by atoms with Gasteiger partial charge in [0.05, 0.1) is 6.10 Å². The topological polar surface area (TPSA) is 41.7 Å². The minimum Gasteiger partial charge on any atom is -0.381 e. The van der Waals surface area contributed by atoms with Crippen LogP contribution in [0, 0.1) is 5.92 Å². The van der Waals surface area contributed by atoms with Crippen LogP contribution in [0.4, 0.5) is 0 Å². The summed E-state index contributed by atoms with van der Waals surface area (Å²) in [6.45, 7) is 5.52. The minimum atomic E-state index is 0.230. The summed E-state index contributed by atoms with van der Waals surface area (Å²) < 4.78 is 5.50. The lowest BCUT2D eigenvalue weighted by molar-refractivity contribution is -0.000101. The molecule has 19 heavy (non-hydrogen) atoms. The van der Waals surface area contributed by atoms with Crippen LogP contribution in [0.1, 0.15) is 32.6 Å². The third-order valence-corrected chi connectivity index (χ3v) is 5.48. The van der Waals surface area contributed by atoms with Crippen LogP contribution >= 0.6 is 0 Å². The molecule has 2 atom stereocenters. The second-order valence-corrected chi connectivity index (χ2v) is 6.78. The molecular weight excluding hydrogens is 238 g/mol. The molecule has 2 rings (SSSR count). The van der Waals surface area contributed by atoms with Crippen LogP contribution < -0.4 is 5.73 Å². The Hall–Kier alpha value is -0.160. The highest BCUT2D eigenvalue weighted by Gasteiger charge is 2.44. The van der Waals surface area contributed by atoms with Gasteiger partial charge in [-0.15, -0.1) is 0 Å². The van der Waals surface area contributed by atoms with Gasteiger partial charge in [-0.25, -0.2) is 0 Å². The van der Waals surface area contributed by atoms with E-state index in [0.29, 0.717) is 12.1 Å². The molecule has 0 bridgehead atoms. The first-order valence-corrected chi connectivity index (χ1v) is 7.67. The summed E-state index contributed by atoms with van der Waals surface area (Å²) >= 11 is 0. The Kier molecular flexibility index (Phi) is 4.88. The van der Waals surface area contributed by atoms with Gasteiger partial charge < -0.3 is 15.4 Å². The van der Waals surface area contributed by atoms with Crippen molar-refractivity contribution in [2.45, 2.75) is 50.3 Å². The lowest BCUT2D eigenvalue weighted by atomic mass is 9.79. The molecule has 1 saturated carbocycles. The van der Waals surface area contributed by atoms with E-state index >= 15 is 0 Å². The molecule has 1 aliphatic heterocycles. The number of nitrogens with two attached hydrogens (primary N) is 1. The summed E-state index contributed by atoms with van der Waals surface area (Å²) in [4.78, 5) is 5.05. The van der Waals surface area contributed by atoms with E-state index in [0.717, 1.165) is 25.3 Å². The van der Waals surface area contributed by atoms with Crippen LogP contribution in [0.25, 0.3) is 0 Å². The van der Waals surface area contributed by atoms with Crippen molar-refractivity contribution in [2.75, 3.05) is 40.8 Å². The maximum absolute atomic E-state index is 6.18. The molecule has 0 aromatic heterocycles. The van der Waals surface area contributed by atoms with E-state index in [2.05, 4.69) is 30.8 Å². The van der Waals surface area contributed by atoms with E-state index < -0.39 is 0 Å². The van der Waals surface area contributed by atoms with E-state index in [1.807, 2.05) is 7.11 Å². The van der Waals surface area contributed by atoms with Gasteiger partial charge in [0.2, 0.25) is 0 Å². The zero-order valence-electron chi connectivity index (χ0n) is 13.1. The first-order valence-electron chi connectivity index (χ1n) is 7.67. The van der Waals surface area contributed by atoms with E-state index in [1.54, 1.807) is 0 Å². The summed E-state index contributed by atoms with van der Waals surface area (Å²) in [6, 6.07) is 0.670. The van der Waals surface area contributed by atoms with Gasteiger partial charge in [0.1, 0.15) is 0 Å². The second-order valence-electron chi connectivity index (χ2n) is 6.78. The zero-order valence-corrected chi connectivity index (χ0v) is 13.1. The molecule has 2 fully saturated rings. The molecule has 0 aromatic rings. The summed E-state index contributed by atoms with van der Waals surface area (Å²) in [5.74, 6) is 0.735. The summed E-state index contributed by atoms with van der Waals surface area (Å²) in [7, 11) is 6.23. The molecule has 112 valence electrons. The van der Waals surface area contributed by atoms with Crippen molar-refractivity contribution in [3.8, 4) is 0 Å². The van der Waals surface area contributed by atoms with Crippen LogP contribution in [0.2, 0.25) is 0 Å². The number of rotatable bonds is 4. The maximum Gasteiger partial charge on any atom is 0.0572 e. The van der Waals surface area contributed by atoms with E-state index in [4.69, 9.17) is 10.5 Å². The fourth-order valence-electron chi connectivity index (χ4n) is 4.02. The van der Waals surface area contributed by atoms with E-state index in [1.165, 1.54) is 25.9 Å². The smallest absolute Gasteiger partial charge is 0.0572 e. The van der Waals surface area contributed by atoms with Gasteiger partial charge in [-0.3, -0.25) is 4.90 Å². The Morgan fingerprint density at radius 2 is 1.89 bits per heavy atom. The Labute approximate surface area is 118 Å². The zero-order chi connectivity index (χ0) is 14.0. The van der Waals surface area contributed by atoms with Gasteiger partial charge in [0.15, 0.2) is 0 Å². The van der Waals surface area contributed by atoms with Gasteiger partial charge in [0, 0.05) is 38.3 Å². The standard InChI is InChI=1S/C15H31N3O/c1-12-9-18(10-14(12)17(2)3)15(11-16)7-5-13(19-4)6-8-15/h12-14H,5-11,16H2,1-4H3.